The summed E-state index contributed by atoms with van der Waals surface area (Å²) >= 11 is 3.32. The van der Waals surface area contributed by atoms with Crippen LogP contribution in [0, 0.1) is 6.92 Å². The number of aryl methyl sites for hydroxylation is 1. The Labute approximate surface area is 114 Å². The molecule has 1 heterocycles. The Bertz CT molecular complexity index is 569. The van der Waals surface area contributed by atoms with E-state index in [1.165, 1.54) is 0 Å². The number of carbonyl (C=O) groups excluding carboxylic acids is 1. The molecule has 2 aromatic rings. The minimum atomic E-state index is 0.356. The molecule has 0 bridgehead atoms. The van der Waals surface area contributed by atoms with Gasteiger partial charge in [0.1, 0.15) is 12.4 Å². The number of benzene rings is 1. The standard InChI is InChI=1S/C14H12BrNO2/c1-10-3-2-6-16-13(10)9-18-14-5-4-12(15)7-11(14)8-17/h2-8H,9H2,1H3. The van der Waals surface area contributed by atoms with E-state index >= 15 is 0 Å². The fraction of sp³-hybridized carbons (Fsp3) is 0.143. The number of ether oxygens (including phenoxy) is 1. The topological polar surface area (TPSA) is 39.2 Å². The normalized spacial score (nSPS) is 10.1. The smallest absolute Gasteiger partial charge is 0.153 e. The van der Waals surface area contributed by atoms with Crippen LogP contribution in [0.1, 0.15) is 21.6 Å². The van der Waals surface area contributed by atoms with E-state index in [9.17, 15) is 4.79 Å². The summed E-state index contributed by atoms with van der Waals surface area (Å²) in [5.74, 6) is 0.568. The minimum Gasteiger partial charge on any atom is -0.487 e. The fourth-order valence-electron chi connectivity index (χ4n) is 1.56. The number of hydrogen-bond acceptors (Lipinski definition) is 3. The Kier molecular flexibility index (Phi) is 4.10. The summed E-state index contributed by atoms with van der Waals surface area (Å²) in [7, 11) is 0. The first-order valence-electron chi connectivity index (χ1n) is 5.48. The van der Waals surface area contributed by atoms with Crippen LogP contribution in [0.15, 0.2) is 41.0 Å². The maximum atomic E-state index is 10.9. The molecule has 0 atom stereocenters. The summed E-state index contributed by atoms with van der Waals surface area (Å²) in [5, 5.41) is 0. The lowest BCUT2D eigenvalue weighted by Crippen LogP contribution is -2.02. The van der Waals surface area contributed by atoms with Gasteiger partial charge in [-0.15, -0.1) is 0 Å². The average Bonchev–Trinajstić information content (AvgIpc) is 2.39. The molecule has 92 valence electrons. The van der Waals surface area contributed by atoms with Gasteiger partial charge in [-0.2, -0.15) is 0 Å². The van der Waals surface area contributed by atoms with Crippen molar-refractivity contribution in [3.63, 3.8) is 0 Å². The third-order valence-electron chi connectivity index (χ3n) is 2.58. The van der Waals surface area contributed by atoms with Gasteiger partial charge in [0.15, 0.2) is 6.29 Å². The highest BCUT2D eigenvalue weighted by Crippen LogP contribution is 2.22. The molecule has 2 rings (SSSR count). The van der Waals surface area contributed by atoms with Crippen LogP contribution in [0.2, 0.25) is 0 Å². The molecule has 0 aliphatic rings. The number of hydrogen-bond donors (Lipinski definition) is 0. The van der Waals surface area contributed by atoms with Crippen LogP contribution in [0.25, 0.3) is 0 Å². The first kappa shape index (κ1) is 12.8. The summed E-state index contributed by atoms with van der Waals surface area (Å²) in [6.45, 7) is 2.34. The van der Waals surface area contributed by atoms with E-state index in [-0.39, 0.29) is 0 Å². The summed E-state index contributed by atoms with van der Waals surface area (Å²) in [5.41, 5.74) is 2.47. The van der Waals surface area contributed by atoms with Crippen molar-refractivity contribution in [2.45, 2.75) is 13.5 Å². The molecule has 0 saturated heterocycles. The Balaban J connectivity index is 2.16. The Morgan fingerprint density at radius 2 is 2.22 bits per heavy atom. The highest BCUT2D eigenvalue weighted by molar-refractivity contribution is 9.10. The number of aldehydes is 1. The van der Waals surface area contributed by atoms with Gasteiger partial charge in [0.25, 0.3) is 0 Å². The van der Waals surface area contributed by atoms with E-state index in [2.05, 4.69) is 20.9 Å². The van der Waals surface area contributed by atoms with Gasteiger partial charge < -0.3 is 4.74 Å². The van der Waals surface area contributed by atoms with Crippen LogP contribution in [-0.2, 0) is 6.61 Å². The first-order chi connectivity index (χ1) is 8.70. The van der Waals surface area contributed by atoms with E-state index < -0.39 is 0 Å². The second-order valence-corrected chi connectivity index (χ2v) is 4.77. The maximum absolute atomic E-state index is 10.9. The van der Waals surface area contributed by atoms with Crippen LogP contribution < -0.4 is 4.74 Å². The van der Waals surface area contributed by atoms with E-state index in [4.69, 9.17) is 4.74 Å². The van der Waals surface area contributed by atoms with Gasteiger partial charge in [0, 0.05) is 10.7 Å². The van der Waals surface area contributed by atoms with Crippen molar-refractivity contribution in [1.82, 2.24) is 4.98 Å². The van der Waals surface area contributed by atoms with Crippen LogP contribution in [-0.4, -0.2) is 11.3 Å². The molecule has 0 radical (unpaired) electrons. The molecule has 1 aromatic carbocycles. The Morgan fingerprint density at radius 1 is 1.39 bits per heavy atom. The monoisotopic (exact) mass is 305 g/mol. The van der Waals surface area contributed by atoms with Crippen LogP contribution in [0.3, 0.4) is 0 Å². The maximum Gasteiger partial charge on any atom is 0.153 e. The van der Waals surface area contributed by atoms with Gasteiger partial charge in [-0.05, 0) is 36.8 Å². The van der Waals surface area contributed by atoms with Gasteiger partial charge in [0.05, 0.1) is 11.3 Å². The zero-order chi connectivity index (χ0) is 13.0. The molecule has 0 saturated carbocycles. The molecular weight excluding hydrogens is 294 g/mol. The third kappa shape index (κ3) is 2.96. The predicted molar refractivity (Wildman–Crippen MR) is 72.8 cm³/mol. The number of halogens is 1. The first-order valence-corrected chi connectivity index (χ1v) is 6.28. The quantitative estimate of drug-likeness (QED) is 0.811. The SMILES string of the molecule is Cc1cccnc1COc1ccc(Br)cc1C=O. The highest BCUT2D eigenvalue weighted by Gasteiger charge is 2.05. The Hall–Kier alpha value is -1.68. The van der Waals surface area contributed by atoms with E-state index in [1.807, 2.05) is 25.1 Å². The van der Waals surface area contributed by atoms with Crippen molar-refractivity contribution in [3.05, 3.63) is 57.8 Å². The summed E-state index contributed by atoms with van der Waals surface area (Å²) < 4.78 is 6.49. The van der Waals surface area contributed by atoms with Gasteiger partial charge in [-0.3, -0.25) is 9.78 Å². The molecule has 0 unspecified atom stereocenters. The number of carbonyl (C=O) groups is 1. The van der Waals surface area contributed by atoms with Crippen molar-refractivity contribution in [3.8, 4) is 5.75 Å². The second kappa shape index (κ2) is 5.78. The summed E-state index contributed by atoms with van der Waals surface area (Å²) in [4.78, 5) is 15.2. The molecule has 0 spiro atoms. The average molecular weight is 306 g/mol. The zero-order valence-electron chi connectivity index (χ0n) is 9.89. The molecule has 3 nitrogen and oxygen atoms in total. The van der Waals surface area contributed by atoms with Crippen molar-refractivity contribution < 1.29 is 9.53 Å². The lowest BCUT2D eigenvalue weighted by Gasteiger charge is -2.09. The number of aromatic nitrogens is 1. The zero-order valence-corrected chi connectivity index (χ0v) is 11.5. The molecule has 0 N–H and O–H groups in total. The van der Waals surface area contributed by atoms with Crippen molar-refractivity contribution in [2.24, 2.45) is 0 Å². The van der Waals surface area contributed by atoms with Crippen molar-refractivity contribution in [1.29, 1.82) is 0 Å². The predicted octanol–water partition coefficient (Wildman–Crippen LogP) is 3.54. The summed E-state index contributed by atoms with van der Waals surface area (Å²) in [6, 6.07) is 9.20. The van der Waals surface area contributed by atoms with Crippen LogP contribution >= 0.6 is 15.9 Å². The summed E-state index contributed by atoms with van der Waals surface area (Å²) in [6.07, 6.45) is 2.51. The van der Waals surface area contributed by atoms with Crippen LogP contribution in [0.4, 0.5) is 0 Å². The van der Waals surface area contributed by atoms with Gasteiger partial charge >= 0.3 is 0 Å². The lowest BCUT2D eigenvalue weighted by atomic mass is 10.2. The number of pyridine rings is 1. The molecule has 18 heavy (non-hydrogen) atoms. The van der Waals surface area contributed by atoms with Crippen molar-refractivity contribution in [2.75, 3.05) is 0 Å². The molecular formula is C14H12BrNO2. The molecule has 4 heteroatoms. The van der Waals surface area contributed by atoms with Gasteiger partial charge in [0.2, 0.25) is 0 Å². The lowest BCUT2D eigenvalue weighted by molar-refractivity contribution is 0.111. The molecule has 0 fully saturated rings. The molecule has 0 aliphatic carbocycles. The number of nitrogens with zero attached hydrogens (tertiary/aromatic N) is 1. The van der Waals surface area contributed by atoms with Gasteiger partial charge in [-0.25, -0.2) is 0 Å². The third-order valence-corrected chi connectivity index (χ3v) is 3.07. The van der Waals surface area contributed by atoms with E-state index in [0.717, 1.165) is 22.0 Å². The van der Waals surface area contributed by atoms with Crippen LogP contribution in [0.5, 0.6) is 5.75 Å². The largest absolute Gasteiger partial charge is 0.487 e. The molecule has 0 amide bonds. The molecule has 1 aromatic heterocycles. The fourth-order valence-corrected chi connectivity index (χ4v) is 1.94. The van der Waals surface area contributed by atoms with Gasteiger partial charge in [-0.1, -0.05) is 22.0 Å². The van der Waals surface area contributed by atoms with E-state index in [1.54, 1.807) is 18.3 Å². The minimum absolute atomic E-state index is 0.356. The van der Waals surface area contributed by atoms with Crippen molar-refractivity contribution >= 4 is 22.2 Å². The Morgan fingerprint density at radius 3 is 2.94 bits per heavy atom. The van der Waals surface area contributed by atoms with E-state index in [0.29, 0.717) is 17.9 Å². The highest BCUT2D eigenvalue weighted by atomic mass is 79.9. The number of rotatable bonds is 4. The molecule has 0 aliphatic heterocycles. The second-order valence-electron chi connectivity index (χ2n) is 3.86.